The van der Waals surface area contributed by atoms with Crippen molar-refractivity contribution in [3.05, 3.63) is 83.7 Å². The van der Waals surface area contributed by atoms with Crippen LogP contribution in [0.5, 0.6) is 0 Å². The van der Waals surface area contributed by atoms with Crippen molar-refractivity contribution in [1.82, 2.24) is 9.97 Å². The van der Waals surface area contributed by atoms with E-state index in [1.54, 1.807) is 12.1 Å². The molecular formula is C27H27N3O3. The van der Waals surface area contributed by atoms with Gasteiger partial charge in [-0.05, 0) is 67.5 Å². The molecule has 0 bridgehead atoms. The number of allylic oxidation sites excluding steroid dienone is 4. The number of hydrogen-bond donors (Lipinski definition) is 2. The zero-order valence-corrected chi connectivity index (χ0v) is 18.6. The Kier molecular flexibility index (Phi) is 6.93. The lowest BCUT2D eigenvalue weighted by Crippen LogP contribution is -2.12. The SMILES string of the molecule is CC1C=C(c2nc3ccc(C(=O)Nc4ccccc4)cc3nc2CCCCC(=O)O)C=CC1. The van der Waals surface area contributed by atoms with Gasteiger partial charge in [-0.1, -0.05) is 43.4 Å². The number of anilines is 1. The lowest BCUT2D eigenvalue weighted by Gasteiger charge is -2.16. The fraction of sp³-hybridized carbons (Fsp3) is 0.259. The average Bonchev–Trinajstić information content (AvgIpc) is 2.81. The summed E-state index contributed by atoms with van der Waals surface area (Å²) in [6.07, 6.45) is 9.50. The molecule has 1 aromatic heterocycles. The molecule has 0 saturated heterocycles. The van der Waals surface area contributed by atoms with Gasteiger partial charge in [0, 0.05) is 17.7 Å². The molecule has 1 unspecified atom stereocenters. The molecule has 2 aromatic carbocycles. The third kappa shape index (κ3) is 5.71. The summed E-state index contributed by atoms with van der Waals surface area (Å²) < 4.78 is 0. The van der Waals surface area contributed by atoms with E-state index in [1.165, 1.54) is 0 Å². The van der Waals surface area contributed by atoms with Crippen LogP contribution in [0.15, 0.2) is 66.8 Å². The largest absolute Gasteiger partial charge is 0.481 e. The van der Waals surface area contributed by atoms with Gasteiger partial charge in [0.25, 0.3) is 5.91 Å². The van der Waals surface area contributed by atoms with Crippen molar-refractivity contribution in [2.45, 2.75) is 39.0 Å². The van der Waals surface area contributed by atoms with E-state index in [0.717, 1.165) is 34.6 Å². The lowest BCUT2D eigenvalue weighted by molar-refractivity contribution is -0.137. The zero-order chi connectivity index (χ0) is 23.2. The number of carbonyl (C=O) groups excluding carboxylic acids is 1. The highest BCUT2D eigenvalue weighted by Gasteiger charge is 2.16. The molecule has 0 fully saturated rings. The van der Waals surface area contributed by atoms with Gasteiger partial charge in [0.15, 0.2) is 0 Å². The van der Waals surface area contributed by atoms with Gasteiger partial charge in [0.2, 0.25) is 0 Å². The summed E-state index contributed by atoms with van der Waals surface area (Å²) >= 11 is 0. The smallest absolute Gasteiger partial charge is 0.303 e. The van der Waals surface area contributed by atoms with Gasteiger partial charge in [-0.2, -0.15) is 0 Å². The third-order valence-electron chi connectivity index (χ3n) is 5.63. The number of hydrogen-bond acceptors (Lipinski definition) is 4. The van der Waals surface area contributed by atoms with Gasteiger partial charge in [-0.3, -0.25) is 9.59 Å². The summed E-state index contributed by atoms with van der Waals surface area (Å²) in [7, 11) is 0. The van der Waals surface area contributed by atoms with Crippen molar-refractivity contribution in [3.8, 4) is 0 Å². The maximum absolute atomic E-state index is 12.7. The first-order valence-electron chi connectivity index (χ1n) is 11.3. The number of aromatic nitrogens is 2. The molecule has 0 spiro atoms. The third-order valence-corrected chi connectivity index (χ3v) is 5.63. The van der Waals surface area contributed by atoms with Crippen LogP contribution < -0.4 is 5.32 Å². The molecule has 1 amide bonds. The van der Waals surface area contributed by atoms with E-state index in [4.69, 9.17) is 15.1 Å². The number of amides is 1. The van der Waals surface area contributed by atoms with Crippen molar-refractivity contribution in [3.63, 3.8) is 0 Å². The van der Waals surface area contributed by atoms with E-state index in [2.05, 4.69) is 30.5 Å². The highest BCUT2D eigenvalue weighted by atomic mass is 16.4. The Morgan fingerprint density at radius 3 is 2.64 bits per heavy atom. The molecule has 0 aliphatic heterocycles. The summed E-state index contributed by atoms with van der Waals surface area (Å²) in [4.78, 5) is 33.4. The molecule has 1 heterocycles. The van der Waals surface area contributed by atoms with Crippen LogP contribution in [0.1, 0.15) is 54.4 Å². The number of para-hydroxylation sites is 1. The number of carboxylic acids is 1. The van der Waals surface area contributed by atoms with Gasteiger partial charge in [-0.25, -0.2) is 9.97 Å². The topological polar surface area (TPSA) is 92.2 Å². The van der Waals surface area contributed by atoms with Crippen LogP contribution in [0.3, 0.4) is 0 Å². The summed E-state index contributed by atoms with van der Waals surface area (Å²) in [5.74, 6) is -0.573. The number of nitrogens with one attached hydrogen (secondary N) is 1. The molecule has 0 radical (unpaired) electrons. The maximum atomic E-state index is 12.7. The van der Waals surface area contributed by atoms with Crippen molar-refractivity contribution < 1.29 is 14.7 Å². The number of aliphatic carboxylic acids is 1. The maximum Gasteiger partial charge on any atom is 0.303 e. The standard InChI is InChI=1S/C27H27N3O3/c1-18-8-7-9-19(16-18)26-23(12-5-6-13-25(31)32)29-24-17-20(14-15-22(24)30-26)27(33)28-21-10-3-2-4-11-21/h2-4,7,9-11,14-18H,5-6,8,12-13H2,1H3,(H,28,33)(H,31,32). The Labute approximate surface area is 193 Å². The minimum atomic E-state index is -0.791. The summed E-state index contributed by atoms with van der Waals surface area (Å²) in [5, 5.41) is 11.8. The zero-order valence-electron chi connectivity index (χ0n) is 18.6. The number of benzene rings is 2. The van der Waals surface area contributed by atoms with E-state index in [9.17, 15) is 9.59 Å². The number of rotatable bonds is 8. The average molecular weight is 442 g/mol. The van der Waals surface area contributed by atoms with E-state index in [0.29, 0.717) is 36.3 Å². The van der Waals surface area contributed by atoms with E-state index >= 15 is 0 Å². The number of aryl methyl sites for hydroxylation is 1. The molecule has 1 aliphatic rings. The Morgan fingerprint density at radius 1 is 1.06 bits per heavy atom. The summed E-state index contributed by atoms with van der Waals surface area (Å²) in [5.41, 5.74) is 5.33. The van der Waals surface area contributed by atoms with Crippen LogP contribution in [0, 0.1) is 5.92 Å². The highest BCUT2D eigenvalue weighted by Crippen LogP contribution is 2.28. The first kappa shape index (κ1) is 22.4. The lowest BCUT2D eigenvalue weighted by atomic mass is 9.94. The van der Waals surface area contributed by atoms with Crippen LogP contribution in [0.4, 0.5) is 5.69 Å². The van der Waals surface area contributed by atoms with Crippen molar-refractivity contribution >= 4 is 34.2 Å². The number of fused-ring (bicyclic) bond motifs is 1. The van der Waals surface area contributed by atoms with Gasteiger partial charge >= 0.3 is 5.97 Å². The molecule has 0 saturated carbocycles. The second kappa shape index (κ2) is 10.2. The Bertz CT molecular complexity index is 1230. The summed E-state index contributed by atoms with van der Waals surface area (Å²) in [6.45, 7) is 2.17. The normalized spacial score (nSPS) is 15.3. The van der Waals surface area contributed by atoms with E-state index < -0.39 is 5.97 Å². The van der Waals surface area contributed by atoms with Gasteiger partial charge < -0.3 is 10.4 Å². The predicted molar refractivity (Wildman–Crippen MR) is 130 cm³/mol. The summed E-state index contributed by atoms with van der Waals surface area (Å²) in [6, 6.07) is 14.7. The van der Waals surface area contributed by atoms with E-state index in [-0.39, 0.29) is 12.3 Å². The molecular weight excluding hydrogens is 414 g/mol. The monoisotopic (exact) mass is 441 g/mol. The van der Waals surface area contributed by atoms with Crippen LogP contribution in [-0.4, -0.2) is 27.0 Å². The van der Waals surface area contributed by atoms with Gasteiger partial charge in [-0.15, -0.1) is 0 Å². The quantitative estimate of drug-likeness (QED) is 0.440. The van der Waals surface area contributed by atoms with Gasteiger partial charge in [0.05, 0.1) is 22.4 Å². The highest BCUT2D eigenvalue weighted by molar-refractivity contribution is 6.06. The number of carbonyl (C=O) groups is 2. The fourth-order valence-corrected chi connectivity index (χ4v) is 3.93. The van der Waals surface area contributed by atoms with Crippen molar-refractivity contribution in [2.75, 3.05) is 5.32 Å². The second-order valence-corrected chi connectivity index (χ2v) is 8.38. The molecule has 33 heavy (non-hydrogen) atoms. The first-order chi connectivity index (χ1) is 16.0. The molecule has 3 aromatic rings. The number of nitrogens with zero attached hydrogens (tertiary/aromatic N) is 2. The molecule has 1 atom stereocenters. The first-order valence-corrected chi connectivity index (χ1v) is 11.3. The Hall–Kier alpha value is -3.80. The molecule has 1 aliphatic carbocycles. The van der Waals surface area contributed by atoms with Crippen molar-refractivity contribution in [1.29, 1.82) is 0 Å². The van der Waals surface area contributed by atoms with Gasteiger partial charge in [0.1, 0.15) is 0 Å². The Balaban J connectivity index is 1.66. The van der Waals surface area contributed by atoms with E-state index in [1.807, 2.05) is 36.4 Å². The van der Waals surface area contributed by atoms with Crippen molar-refractivity contribution in [2.24, 2.45) is 5.92 Å². The fourth-order valence-electron chi connectivity index (χ4n) is 3.93. The minimum Gasteiger partial charge on any atom is -0.481 e. The molecule has 2 N–H and O–H groups in total. The number of unbranched alkanes of at least 4 members (excludes halogenated alkanes) is 1. The second-order valence-electron chi connectivity index (χ2n) is 8.38. The minimum absolute atomic E-state index is 0.139. The molecule has 4 rings (SSSR count). The predicted octanol–water partition coefficient (Wildman–Crippen LogP) is 5.66. The van der Waals surface area contributed by atoms with Crippen LogP contribution in [0.25, 0.3) is 16.6 Å². The Morgan fingerprint density at radius 2 is 1.88 bits per heavy atom. The van der Waals surface area contributed by atoms with Crippen LogP contribution >= 0.6 is 0 Å². The van der Waals surface area contributed by atoms with Crippen LogP contribution in [0.2, 0.25) is 0 Å². The molecule has 168 valence electrons. The van der Waals surface area contributed by atoms with Crippen LogP contribution in [-0.2, 0) is 11.2 Å². The molecule has 6 nitrogen and oxygen atoms in total. The molecule has 6 heteroatoms. The number of carboxylic acid groups (broad SMARTS) is 1.